The van der Waals surface area contributed by atoms with Crippen molar-refractivity contribution in [2.24, 2.45) is 11.1 Å². The van der Waals surface area contributed by atoms with Gasteiger partial charge in [0, 0.05) is 0 Å². The Morgan fingerprint density at radius 3 is 2.47 bits per heavy atom. The standard InChI is InChI=1S/C18H29N/c1-14(10-13-19)16-6-4-5-7-17(16)15-8-11-18(2,3)12-9-15/h4-7,14-15H,8-13,19H2,1-3H3. The molecule has 1 aliphatic rings. The van der Waals surface area contributed by atoms with Crippen molar-refractivity contribution in [3.8, 4) is 0 Å². The normalized spacial score (nSPS) is 21.3. The zero-order chi connectivity index (χ0) is 13.9. The van der Waals surface area contributed by atoms with Crippen LogP contribution >= 0.6 is 0 Å². The summed E-state index contributed by atoms with van der Waals surface area (Å²) in [7, 11) is 0. The Kier molecular flexibility index (Phi) is 4.67. The Bertz CT molecular complexity index is 398. The van der Waals surface area contributed by atoms with Crippen LogP contribution in [0, 0.1) is 5.41 Å². The Morgan fingerprint density at radius 1 is 1.21 bits per heavy atom. The van der Waals surface area contributed by atoms with Gasteiger partial charge in [0.1, 0.15) is 0 Å². The summed E-state index contributed by atoms with van der Waals surface area (Å²) in [6.07, 6.45) is 6.50. The van der Waals surface area contributed by atoms with Crippen LogP contribution in [0.4, 0.5) is 0 Å². The molecule has 2 N–H and O–H groups in total. The second kappa shape index (κ2) is 6.09. The number of hydrogen-bond donors (Lipinski definition) is 1. The molecule has 19 heavy (non-hydrogen) atoms. The van der Waals surface area contributed by atoms with Crippen LogP contribution in [0.2, 0.25) is 0 Å². The lowest BCUT2D eigenvalue weighted by Gasteiger charge is -2.35. The van der Waals surface area contributed by atoms with Gasteiger partial charge in [-0.15, -0.1) is 0 Å². The maximum absolute atomic E-state index is 5.73. The van der Waals surface area contributed by atoms with Crippen molar-refractivity contribution in [2.45, 2.75) is 64.7 Å². The third-order valence-corrected chi connectivity index (χ3v) is 4.91. The molecule has 0 aliphatic heterocycles. The van der Waals surface area contributed by atoms with Gasteiger partial charge in [0.2, 0.25) is 0 Å². The highest BCUT2D eigenvalue weighted by Gasteiger charge is 2.28. The third-order valence-electron chi connectivity index (χ3n) is 4.91. The van der Waals surface area contributed by atoms with E-state index in [2.05, 4.69) is 45.0 Å². The minimum Gasteiger partial charge on any atom is -0.330 e. The summed E-state index contributed by atoms with van der Waals surface area (Å²) in [6.45, 7) is 7.92. The van der Waals surface area contributed by atoms with Crippen molar-refractivity contribution < 1.29 is 0 Å². The molecule has 2 rings (SSSR count). The smallest absolute Gasteiger partial charge is 0.00715 e. The molecule has 1 heteroatoms. The van der Waals surface area contributed by atoms with Crippen LogP contribution in [-0.2, 0) is 0 Å². The van der Waals surface area contributed by atoms with E-state index in [9.17, 15) is 0 Å². The maximum atomic E-state index is 5.73. The van der Waals surface area contributed by atoms with Crippen LogP contribution in [0.25, 0.3) is 0 Å². The molecule has 1 aromatic rings. The van der Waals surface area contributed by atoms with Crippen molar-refractivity contribution in [2.75, 3.05) is 6.54 Å². The van der Waals surface area contributed by atoms with Gasteiger partial charge in [-0.05, 0) is 67.0 Å². The number of benzene rings is 1. The number of nitrogens with two attached hydrogens (primary N) is 1. The fourth-order valence-corrected chi connectivity index (χ4v) is 3.45. The molecule has 1 nitrogen and oxygen atoms in total. The van der Waals surface area contributed by atoms with Gasteiger partial charge in [-0.1, -0.05) is 45.0 Å². The first-order valence-corrected chi connectivity index (χ1v) is 7.82. The second-order valence-electron chi connectivity index (χ2n) is 7.05. The Morgan fingerprint density at radius 2 is 1.84 bits per heavy atom. The van der Waals surface area contributed by atoms with Gasteiger partial charge in [0.15, 0.2) is 0 Å². The lowest BCUT2D eigenvalue weighted by molar-refractivity contribution is 0.224. The van der Waals surface area contributed by atoms with Gasteiger partial charge >= 0.3 is 0 Å². The van der Waals surface area contributed by atoms with Gasteiger partial charge in [-0.25, -0.2) is 0 Å². The fourth-order valence-electron chi connectivity index (χ4n) is 3.45. The van der Waals surface area contributed by atoms with E-state index in [1.165, 1.54) is 31.2 Å². The van der Waals surface area contributed by atoms with E-state index in [4.69, 9.17) is 5.73 Å². The topological polar surface area (TPSA) is 26.0 Å². The van der Waals surface area contributed by atoms with Crippen molar-refractivity contribution in [1.29, 1.82) is 0 Å². The summed E-state index contributed by atoms with van der Waals surface area (Å²) < 4.78 is 0. The minimum absolute atomic E-state index is 0.550. The molecule has 1 aliphatic carbocycles. The van der Waals surface area contributed by atoms with Crippen LogP contribution in [-0.4, -0.2) is 6.54 Å². The molecule has 0 heterocycles. The molecule has 0 spiro atoms. The van der Waals surface area contributed by atoms with E-state index < -0.39 is 0 Å². The summed E-state index contributed by atoms with van der Waals surface area (Å²) in [5, 5.41) is 0. The van der Waals surface area contributed by atoms with E-state index in [1.807, 2.05) is 0 Å². The SMILES string of the molecule is CC(CCN)c1ccccc1C1CCC(C)(C)CC1. The monoisotopic (exact) mass is 259 g/mol. The van der Waals surface area contributed by atoms with Gasteiger partial charge in [0.05, 0.1) is 0 Å². The van der Waals surface area contributed by atoms with E-state index >= 15 is 0 Å². The first-order valence-electron chi connectivity index (χ1n) is 7.82. The number of rotatable bonds is 4. The molecular weight excluding hydrogens is 230 g/mol. The van der Waals surface area contributed by atoms with Gasteiger partial charge in [-0.3, -0.25) is 0 Å². The van der Waals surface area contributed by atoms with Crippen molar-refractivity contribution in [1.82, 2.24) is 0 Å². The van der Waals surface area contributed by atoms with Gasteiger partial charge in [0.25, 0.3) is 0 Å². The highest BCUT2D eigenvalue weighted by molar-refractivity contribution is 5.33. The van der Waals surface area contributed by atoms with Crippen molar-refractivity contribution in [3.63, 3.8) is 0 Å². The Labute approximate surface area is 118 Å². The molecule has 1 saturated carbocycles. The number of hydrogen-bond acceptors (Lipinski definition) is 1. The summed E-state index contributed by atoms with van der Waals surface area (Å²) in [5.41, 5.74) is 9.42. The first kappa shape index (κ1) is 14.6. The molecule has 0 aromatic heterocycles. The van der Waals surface area contributed by atoms with E-state index in [1.54, 1.807) is 5.56 Å². The quantitative estimate of drug-likeness (QED) is 0.824. The molecule has 1 fully saturated rings. The average molecular weight is 259 g/mol. The highest BCUT2D eigenvalue weighted by Crippen LogP contribution is 2.44. The maximum Gasteiger partial charge on any atom is -0.00715 e. The summed E-state index contributed by atoms with van der Waals surface area (Å²) in [6, 6.07) is 9.05. The predicted octanol–water partition coefficient (Wildman–Crippen LogP) is 4.82. The molecule has 0 bridgehead atoms. The molecule has 0 saturated heterocycles. The van der Waals surface area contributed by atoms with Gasteiger partial charge in [-0.2, -0.15) is 0 Å². The summed E-state index contributed by atoms with van der Waals surface area (Å²) in [5.74, 6) is 1.36. The lowest BCUT2D eigenvalue weighted by Crippen LogP contribution is -2.21. The summed E-state index contributed by atoms with van der Waals surface area (Å²) >= 11 is 0. The zero-order valence-corrected chi connectivity index (χ0v) is 12.8. The lowest BCUT2D eigenvalue weighted by atomic mass is 9.70. The molecular formula is C18H29N. The molecule has 1 unspecified atom stereocenters. The molecule has 1 atom stereocenters. The molecule has 0 amide bonds. The second-order valence-corrected chi connectivity index (χ2v) is 7.05. The summed E-state index contributed by atoms with van der Waals surface area (Å²) in [4.78, 5) is 0. The van der Waals surface area contributed by atoms with Crippen LogP contribution in [0.5, 0.6) is 0 Å². The van der Waals surface area contributed by atoms with E-state index in [-0.39, 0.29) is 0 Å². The largest absolute Gasteiger partial charge is 0.330 e. The predicted molar refractivity (Wildman–Crippen MR) is 83.5 cm³/mol. The Hall–Kier alpha value is -0.820. The van der Waals surface area contributed by atoms with Crippen LogP contribution in [0.1, 0.15) is 75.8 Å². The average Bonchev–Trinajstić information content (AvgIpc) is 2.39. The van der Waals surface area contributed by atoms with Crippen molar-refractivity contribution >= 4 is 0 Å². The van der Waals surface area contributed by atoms with E-state index in [0.717, 1.165) is 18.9 Å². The third kappa shape index (κ3) is 3.60. The van der Waals surface area contributed by atoms with Crippen LogP contribution in [0.3, 0.4) is 0 Å². The van der Waals surface area contributed by atoms with E-state index in [0.29, 0.717) is 11.3 Å². The zero-order valence-electron chi connectivity index (χ0n) is 12.8. The molecule has 0 radical (unpaired) electrons. The Balaban J connectivity index is 2.16. The van der Waals surface area contributed by atoms with Crippen LogP contribution in [0.15, 0.2) is 24.3 Å². The highest BCUT2D eigenvalue weighted by atomic mass is 14.5. The molecule has 106 valence electrons. The minimum atomic E-state index is 0.550. The van der Waals surface area contributed by atoms with Crippen molar-refractivity contribution in [3.05, 3.63) is 35.4 Å². The fraction of sp³-hybridized carbons (Fsp3) is 0.667. The first-order chi connectivity index (χ1) is 9.03. The van der Waals surface area contributed by atoms with Crippen LogP contribution < -0.4 is 5.73 Å². The van der Waals surface area contributed by atoms with Gasteiger partial charge < -0.3 is 5.73 Å². The molecule has 1 aromatic carbocycles.